The molecule has 1 aliphatic carbocycles. The van der Waals surface area contributed by atoms with E-state index in [0.29, 0.717) is 29.8 Å². The first-order valence-electron chi connectivity index (χ1n) is 8.00. The monoisotopic (exact) mass is 317 g/mol. The summed E-state index contributed by atoms with van der Waals surface area (Å²) in [6, 6.07) is 7.22. The highest BCUT2D eigenvalue weighted by molar-refractivity contribution is 5.96. The predicted octanol–water partition coefficient (Wildman–Crippen LogP) is 1.09. The SMILES string of the molecule is CN(C)CC(=O)Nc1ccc(C(=O)N[C@H]2C[C@@H]3OCC[C@H]23)cc1. The maximum atomic E-state index is 12.3. The van der Waals surface area contributed by atoms with Crippen molar-refractivity contribution >= 4 is 17.5 Å². The van der Waals surface area contributed by atoms with Crippen molar-refractivity contribution < 1.29 is 14.3 Å². The first-order chi connectivity index (χ1) is 11.0. The van der Waals surface area contributed by atoms with Gasteiger partial charge in [0.1, 0.15) is 0 Å². The molecule has 124 valence electrons. The molecule has 23 heavy (non-hydrogen) atoms. The number of rotatable bonds is 5. The number of carbonyl (C=O) groups excluding carboxylic acids is 2. The Balaban J connectivity index is 1.52. The number of carbonyl (C=O) groups is 2. The first kappa shape index (κ1) is 16.0. The Morgan fingerprint density at radius 3 is 2.65 bits per heavy atom. The van der Waals surface area contributed by atoms with E-state index in [9.17, 15) is 9.59 Å². The molecule has 6 nitrogen and oxygen atoms in total. The van der Waals surface area contributed by atoms with Gasteiger partial charge in [-0.1, -0.05) is 0 Å². The molecule has 2 N–H and O–H groups in total. The summed E-state index contributed by atoms with van der Waals surface area (Å²) in [5.41, 5.74) is 1.30. The van der Waals surface area contributed by atoms with Crippen molar-refractivity contribution in [3.8, 4) is 0 Å². The topological polar surface area (TPSA) is 70.7 Å². The fourth-order valence-electron chi connectivity index (χ4n) is 3.21. The van der Waals surface area contributed by atoms with E-state index in [2.05, 4.69) is 10.6 Å². The summed E-state index contributed by atoms with van der Waals surface area (Å²) in [7, 11) is 3.68. The summed E-state index contributed by atoms with van der Waals surface area (Å²) in [6.45, 7) is 1.14. The Morgan fingerprint density at radius 1 is 1.26 bits per heavy atom. The van der Waals surface area contributed by atoms with Crippen LogP contribution in [0, 0.1) is 5.92 Å². The van der Waals surface area contributed by atoms with E-state index in [0.717, 1.165) is 19.4 Å². The lowest BCUT2D eigenvalue weighted by atomic mass is 9.76. The summed E-state index contributed by atoms with van der Waals surface area (Å²) in [6.07, 6.45) is 2.29. The number of amides is 2. The second-order valence-corrected chi connectivity index (χ2v) is 6.54. The van der Waals surface area contributed by atoms with Gasteiger partial charge < -0.3 is 20.3 Å². The van der Waals surface area contributed by atoms with Crippen LogP contribution in [0.15, 0.2) is 24.3 Å². The lowest BCUT2D eigenvalue weighted by Crippen LogP contribution is -2.53. The molecule has 0 aromatic heterocycles. The highest BCUT2D eigenvalue weighted by atomic mass is 16.5. The molecule has 0 spiro atoms. The molecular formula is C17H23N3O3. The number of ether oxygens (including phenoxy) is 1. The van der Waals surface area contributed by atoms with Crippen LogP contribution in [-0.4, -0.2) is 56.1 Å². The minimum absolute atomic E-state index is 0.0634. The van der Waals surface area contributed by atoms with Crippen LogP contribution in [0.25, 0.3) is 0 Å². The molecule has 3 rings (SSSR count). The van der Waals surface area contributed by atoms with Crippen LogP contribution in [0.1, 0.15) is 23.2 Å². The Morgan fingerprint density at radius 2 is 2.00 bits per heavy atom. The molecule has 1 saturated carbocycles. The zero-order valence-corrected chi connectivity index (χ0v) is 13.5. The summed E-state index contributed by atoms with van der Waals surface area (Å²) >= 11 is 0. The smallest absolute Gasteiger partial charge is 0.251 e. The molecule has 2 aliphatic rings. The summed E-state index contributed by atoms with van der Waals surface area (Å²) < 4.78 is 5.55. The maximum absolute atomic E-state index is 12.3. The molecule has 2 fully saturated rings. The van der Waals surface area contributed by atoms with Gasteiger partial charge in [-0.3, -0.25) is 9.59 Å². The Hall–Kier alpha value is -1.92. The number of hydrogen-bond donors (Lipinski definition) is 2. The second-order valence-electron chi connectivity index (χ2n) is 6.54. The largest absolute Gasteiger partial charge is 0.378 e. The number of fused-ring (bicyclic) bond motifs is 1. The van der Waals surface area contributed by atoms with E-state index in [1.165, 1.54) is 0 Å². The normalized spacial score (nSPS) is 25.6. The molecule has 6 heteroatoms. The fourth-order valence-corrected chi connectivity index (χ4v) is 3.21. The third kappa shape index (κ3) is 3.71. The van der Waals surface area contributed by atoms with Crippen LogP contribution < -0.4 is 10.6 Å². The van der Waals surface area contributed by atoms with Crippen molar-refractivity contribution in [3.05, 3.63) is 29.8 Å². The van der Waals surface area contributed by atoms with E-state index in [1.807, 2.05) is 14.1 Å². The molecule has 1 aromatic carbocycles. The minimum Gasteiger partial charge on any atom is -0.378 e. The number of likely N-dealkylation sites (N-methyl/N-ethyl adjacent to an activating group) is 1. The zero-order valence-electron chi connectivity index (χ0n) is 13.5. The molecule has 0 radical (unpaired) electrons. The van der Waals surface area contributed by atoms with Crippen LogP contribution in [0.4, 0.5) is 5.69 Å². The molecular weight excluding hydrogens is 294 g/mol. The third-order valence-corrected chi connectivity index (χ3v) is 4.47. The van der Waals surface area contributed by atoms with Crippen molar-refractivity contribution in [2.24, 2.45) is 5.92 Å². The fraction of sp³-hybridized carbons (Fsp3) is 0.529. The Labute approximate surface area is 136 Å². The highest BCUT2D eigenvalue weighted by Gasteiger charge is 2.45. The molecule has 1 saturated heterocycles. The van der Waals surface area contributed by atoms with E-state index in [4.69, 9.17) is 4.74 Å². The van der Waals surface area contributed by atoms with E-state index < -0.39 is 0 Å². The van der Waals surface area contributed by atoms with E-state index >= 15 is 0 Å². The van der Waals surface area contributed by atoms with E-state index in [1.54, 1.807) is 29.2 Å². The Kier molecular flexibility index (Phi) is 4.63. The number of nitrogens with zero attached hydrogens (tertiary/aromatic N) is 1. The van der Waals surface area contributed by atoms with Gasteiger partial charge in [0.2, 0.25) is 5.91 Å². The molecule has 3 atom stereocenters. The highest BCUT2D eigenvalue weighted by Crippen LogP contribution is 2.38. The average molecular weight is 317 g/mol. The van der Waals surface area contributed by atoms with Crippen LogP contribution in [-0.2, 0) is 9.53 Å². The second kappa shape index (κ2) is 6.68. The summed E-state index contributed by atoms with van der Waals surface area (Å²) in [4.78, 5) is 25.8. The van der Waals surface area contributed by atoms with Gasteiger partial charge in [0.25, 0.3) is 5.91 Å². The number of hydrogen-bond acceptors (Lipinski definition) is 4. The average Bonchev–Trinajstić information content (AvgIpc) is 2.85. The van der Waals surface area contributed by atoms with Crippen LogP contribution in [0.5, 0.6) is 0 Å². The predicted molar refractivity (Wildman–Crippen MR) is 87.3 cm³/mol. The third-order valence-electron chi connectivity index (χ3n) is 4.47. The maximum Gasteiger partial charge on any atom is 0.251 e. The van der Waals surface area contributed by atoms with Crippen molar-refractivity contribution in [1.29, 1.82) is 0 Å². The van der Waals surface area contributed by atoms with E-state index in [-0.39, 0.29) is 17.9 Å². The van der Waals surface area contributed by atoms with Gasteiger partial charge in [-0.25, -0.2) is 0 Å². The zero-order chi connectivity index (χ0) is 16.4. The summed E-state index contributed by atoms with van der Waals surface area (Å²) in [5, 5.41) is 5.88. The van der Waals surface area contributed by atoms with Crippen molar-refractivity contribution in [1.82, 2.24) is 10.2 Å². The molecule has 2 amide bonds. The molecule has 0 bridgehead atoms. The molecule has 1 aliphatic heterocycles. The number of nitrogens with one attached hydrogen (secondary N) is 2. The van der Waals surface area contributed by atoms with Crippen LogP contribution >= 0.6 is 0 Å². The quantitative estimate of drug-likeness (QED) is 0.853. The van der Waals surface area contributed by atoms with Gasteiger partial charge in [-0.2, -0.15) is 0 Å². The van der Waals surface area contributed by atoms with Crippen LogP contribution in [0.2, 0.25) is 0 Å². The summed E-state index contributed by atoms with van der Waals surface area (Å²) in [5.74, 6) is 0.337. The number of anilines is 1. The van der Waals surface area contributed by atoms with Gasteiger partial charge in [-0.05, 0) is 51.2 Å². The molecule has 0 unspecified atom stereocenters. The first-order valence-corrected chi connectivity index (χ1v) is 8.00. The molecule has 1 aromatic rings. The van der Waals surface area contributed by atoms with Crippen LogP contribution in [0.3, 0.4) is 0 Å². The van der Waals surface area contributed by atoms with Gasteiger partial charge >= 0.3 is 0 Å². The Bertz CT molecular complexity index is 585. The standard InChI is InChI=1S/C17H23N3O3/c1-20(2)10-16(21)18-12-5-3-11(4-6-12)17(22)19-14-9-15-13(14)7-8-23-15/h3-6,13-15H,7-10H2,1-2H3,(H,18,21)(H,19,22)/t13-,14+,15+/m1/s1. The molecule has 1 heterocycles. The van der Waals surface area contributed by atoms with Gasteiger partial charge in [0.15, 0.2) is 0 Å². The van der Waals surface area contributed by atoms with Gasteiger partial charge in [-0.15, -0.1) is 0 Å². The van der Waals surface area contributed by atoms with Gasteiger partial charge in [0.05, 0.1) is 12.6 Å². The lowest BCUT2D eigenvalue weighted by molar-refractivity contribution is -0.116. The van der Waals surface area contributed by atoms with Crippen molar-refractivity contribution in [3.63, 3.8) is 0 Å². The van der Waals surface area contributed by atoms with Gasteiger partial charge in [0, 0.05) is 29.8 Å². The lowest BCUT2D eigenvalue weighted by Gasteiger charge is -2.39. The number of benzene rings is 1. The van der Waals surface area contributed by atoms with Crippen molar-refractivity contribution in [2.45, 2.75) is 25.0 Å². The minimum atomic E-state index is -0.0751. The van der Waals surface area contributed by atoms with Crippen molar-refractivity contribution in [2.75, 3.05) is 32.6 Å².